The monoisotopic (exact) mass is 391 g/mol. The van der Waals surface area contributed by atoms with Crippen LogP contribution in [0.4, 0.5) is 0 Å². The van der Waals surface area contributed by atoms with Crippen LogP contribution in [0.25, 0.3) is 0 Å². The second-order valence-electron chi connectivity index (χ2n) is 7.32. The molecule has 0 fully saturated rings. The summed E-state index contributed by atoms with van der Waals surface area (Å²) in [6.45, 7) is 8.34. The summed E-state index contributed by atoms with van der Waals surface area (Å²) in [4.78, 5) is 24.5. The van der Waals surface area contributed by atoms with Gasteiger partial charge in [-0.2, -0.15) is 5.10 Å². The van der Waals surface area contributed by atoms with Gasteiger partial charge in [0.1, 0.15) is 0 Å². The SMILES string of the molecule is Cc1cc(C)n(Cc2ccc(C(=O)NC(C(=O)O)c3cccc(C)c3C)cc2)n1. The normalized spacial score (nSPS) is 11.9. The molecule has 6 nitrogen and oxygen atoms in total. The fraction of sp³-hybridized carbons (Fsp3) is 0.261. The van der Waals surface area contributed by atoms with E-state index in [-0.39, 0.29) is 0 Å². The zero-order valence-electron chi connectivity index (χ0n) is 17.1. The fourth-order valence-electron chi connectivity index (χ4n) is 3.34. The lowest BCUT2D eigenvalue weighted by atomic mass is 9.97. The van der Waals surface area contributed by atoms with Gasteiger partial charge in [-0.15, -0.1) is 0 Å². The summed E-state index contributed by atoms with van der Waals surface area (Å²) in [6.07, 6.45) is 0. The van der Waals surface area contributed by atoms with Gasteiger partial charge in [0.05, 0.1) is 12.2 Å². The Kier molecular flexibility index (Phi) is 5.82. The number of hydrogen-bond acceptors (Lipinski definition) is 3. The summed E-state index contributed by atoms with van der Waals surface area (Å²) in [6, 6.07) is 13.5. The van der Waals surface area contributed by atoms with Crippen molar-refractivity contribution in [3.8, 4) is 0 Å². The molecular weight excluding hydrogens is 366 g/mol. The lowest BCUT2D eigenvalue weighted by Gasteiger charge is -2.18. The first-order chi connectivity index (χ1) is 13.8. The number of aliphatic carboxylic acids is 1. The third kappa shape index (κ3) is 4.54. The third-order valence-corrected chi connectivity index (χ3v) is 5.13. The summed E-state index contributed by atoms with van der Waals surface area (Å²) in [5, 5.41) is 16.7. The first-order valence-electron chi connectivity index (χ1n) is 9.46. The molecule has 0 aliphatic heterocycles. The van der Waals surface area contributed by atoms with Crippen LogP contribution < -0.4 is 5.32 Å². The van der Waals surface area contributed by atoms with Crippen LogP contribution in [0, 0.1) is 27.7 Å². The Bertz CT molecular complexity index is 1050. The van der Waals surface area contributed by atoms with E-state index in [2.05, 4.69) is 10.4 Å². The fourth-order valence-corrected chi connectivity index (χ4v) is 3.34. The van der Waals surface area contributed by atoms with E-state index >= 15 is 0 Å². The number of nitrogens with one attached hydrogen (secondary N) is 1. The highest BCUT2D eigenvalue weighted by molar-refractivity contribution is 5.97. The molecule has 3 rings (SSSR count). The van der Waals surface area contributed by atoms with Crippen LogP contribution in [0.5, 0.6) is 0 Å². The van der Waals surface area contributed by atoms with Gasteiger partial charge in [-0.25, -0.2) is 4.79 Å². The van der Waals surface area contributed by atoms with Crippen molar-refractivity contribution in [1.29, 1.82) is 0 Å². The first kappa shape index (κ1) is 20.3. The Labute approximate surface area is 170 Å². The van der Waals surface area contributed by atoms with Gasteiger partial charge >= 0.3 is 5.97 Å². The minimum absolute atomic E-state index is 0.415. The van der Waals surface area contributed by atoms with E-state index in [1.54, 1.807) is 24.3 Å². The average molecular weight is 391 g/mol. The molecule has 1 aromatic heterocycles. The molecule has 0 aliphatic carbocycles. The Hall–Kier alpha value is -3.41. The van der Waals surface area contributed by atoms with Crippen LogP contribution in [-0.2, 0) is 11.3 Å². The first-order valence-corrected chi connectivity index (χ1v) is 9.46. The lowest BCUT2D eigenvalue weighted by molar-refractivity contribution is -0.139. The van der Waals surface area contributed by atoms with E-state index in [1.165, 1.54) is 0 Å². The highest BCUT2D eigenvalue weighted by Crippen LogP contribution is 2.21. The van der Waals surface area contributed by atoms with Crippen LogP contribution in [0.2, 0.25) is 0 Å². The number of hydrogen-bond donors (Lipinski definition) is 2. The number of aryl methyl sites for hydroxylation is 3. The average Bonchev–Trinajstić information content (AvgIpc) is 2.99. The van der Waals surface area contributed by atoms with E-state index in [0.29, 0.717) is 17.7 Å². The van der Waals surface area contributed by atoms with Crippen molar-refractivity contribution >= 4 is 11.9 Å². The highest BCUT2D eigenvalue weighted by atomic mass is 16.4. The number of carbonyl (C=O) groups excluding carboxylic acids is 1. The predicted octanol–water partition coefficient (Wildman–Crippen LogP) is 3.72. The van der Waals surface area contributed by atoms with E-state index in [4.69, 9.17) is 0 Å². The van der Waals surface area contributed by atoms with Crippen molar-refractivity contribution in [3.05, 3.63) is 87.7 Å². The van der Waals surface area contributed by atoms with Crippen molar-refractivity contribution in [2.45, 2.75) is 40.3 Å². The van der Waals surface area contributed by atoms with Crippen molar-refractivity contribution < 1.29 is 14.7 Å². The number of rotatable bonds is 6. The molecule has 0 spiro atoms. The van der Waals surface area contributed by atoms with Crippen LogP contribution in [0.1, 0.15) is 50.0 Å². The molecule has 29 heavy (non-hydrogen) atoms. The second kappa shape index (κ2) is 8.31. The summed E-state index contributed by atoms with van der Waals surface area (Å²) in [7, 11) is 0. The molecule has 6 heteroatoms. The lowest BCUT2D eigenvalue weighted by Crippen LogP contribution is -2.34. The van der Waals surface area contributed by atoms with Crippen LogP contribution in [0.15, 0.2) is 48.5 Å². The zero-order chi connectivity index (χ0) is 21.1. The van der Waals surface area contributed by atoms with E-state index in [0.717, 1.165) is 28.1 Å². The number of amides is 1. The number of carboxylic acids is 1. The molecule has 0 radical (unpaired) electrons. The molecular formula is C23H25N3O3. The van der Waals surface area contributed by atoms with E-state index in [9.17, 15) is 14.7 Å². The van der Waals surface area contributed by atoms with Gasteiger partial charge < -0.3 is 10.4 Å². The van der Waals surface area contributed by atoms with Gasteiger partial charge in [-0.05, 0) is 68.1 Å². The number of carboxylic acid groups (broad SMARTS) is 1. The molecule has 1 unspecified atom stereocenters. The van der Waals surface area contributed by atoms with Gasteiger partial charge in [0.25, 0.3) is 5.91 Å². The van der Waals surface area contributed by atoms with Crippen molar-refractivity contribution in [2.75, 3.05) is 0 Å². The Morgan fingerprint density at radius 1 is 1.07 bits per heavy atom. The molecule has 1 heterocycles. The summed E-state index contributed by atoms with van der Waals surface area (Å²) in [5.74, 6) is -1.51. The highest BCUT2D eigenvalue weighted by Gasteiger charge is 2.24. The Balaban J connectivity index is 1.76. The smallest absolute Gasteiger partial charge is 0.330 e. The minimum atomic E-state index is -1.10. The van der Waals surface area contributed by atoms with Gasteiger partial charge in [-0.3, -0.25) is 9.48 Å². The quantitative estimate of drug-likeness (QED) is 0.671. The molecule has 1 atom stereocenters. The van der Waals surface area contributed by atoms with Gasteiger partial charge in [-0.1, -0.05) is 30.3 Å². The molecule has 2 N–H and O–H groups in total. The maximum atomic E-state index is 12.7. The predicted molar refractivity (Wildman–Crippen MR) is 111 cm³/mol. The molecule has 1 amide bonds. The van der Waals surface area contributed by atoms with Crippen molar-refractivity contribution in [2.24, 2.45) is 0 Å². The standard InChI is InChI=1S/C23H25N3O3/c1-14-6-5-7-20(17(14)4)21(23(28)29)24-22(27)19-10-8-18(9-11-19)13-26-16(3)12-15(2)25-26/h5-12,21H,13H2,1-4H3,(H,24,27)(H,28,29). The maximum Gasteiger partial charge on any atom is 0.330 e. The Morgan fingerprint density at radius 2 is 1.76 bits per heavy atom. The van der Waals surface area contributed by atoms with E-state index < -0.39 is 17.9 Å². The van der Waals surface area contributed by atoms with Gasteiger partial charge in [0.15, 0.2) is 6.04 Å². The largest absolute Gasteiger partial charge is 0.479 e. The van der Waals surface area contributed by atoms with Crippen molar-refractivity contribution in [1.82, 2.24) is 15.1 Å². The summed E-state index contributed by atoms with van der Waals surface area (Å²) in [5.41, 5.74) is 5.89. The Morgan fingerprint density at radius 3 is 2.34 bits per heavy atom. The third-order valence-electron chi connectivity index (χ3n) is 5.13. The second-order valence-corrected chi connectivity index (χ2v) is 7.32. The van der Waals surface area contributed by atoms with Crippen LogP contribution in [-0.4, -0.2) is 26.8 Å². The molecule has 0 saturated heterocycles. The number of benzene rings is 2. The van der Waals surface area contributed by atoms with Gasteiger partial charge in [0.2, 0.25) is 0 Å². The zero-order valence-corrected chi connectivity index (χ0v) is 17.1. The topological polar surface area (TPSA) is 84.2 Å². The molecule has 150 valence electrons. The molecule has 0 bridgehead atoms. The van der Waals surface area contributed by atoms with Crippen molar-refractivity contribution in [3.63, 3.8) is 0 Å². The van der Waals surface area contributed by atoms with Crippen LogP contribution in [0.3, 0.4) is 0 Å². The molecule has 0 saturated carbocycles. The number of carbonyl (C=O) groups is 2. The molecule has 3 aromatic rings. The number of nitrogens with zero attached hydrogens (tertiary/aromatic N) is 2. The van der Waals surface area contributed by atoms with Gasteiger partial charge in [0, 0.05) is 11.3 Å². The summed E-state index contributed by atoms with van der Waals surface area (Å²) < 4.78 is 1.91. The van der Waals surface area contributed by atoms with E-state index in [1.807, 2.05) is 56.6 Å². The number of aromatic nitrogens is 2. The minimum Gasteiger partial charge on any atom is -0.479 e. The summed E-state index contributed by atoms with van der Waals surface area (Å²) >= 11 is 0. The maximum absolute atomic E-state index is 12.7. The van der Waals surface area contributed by atoms with Crippen LogP contribution >= 0.6 is 0 Å². The molecule has 2 aromatic carbocycles. The molecule has 0 aliphatic rings.